The Morgan fingerprint density at radius 3 is 2.70 bits per heavy atom. The molecular weight excluding hydrogens is 454 g/mol. The molecule has 0 unspecified atom stereocenters. The standard InChI is InChI=1S/C14H9BrClIN2O/c15-10-2-1-9(11(16)5-10)7-20-14-12(17)3-8(6-18)4-13(14)19/h1-5H,7,19H2. The van der Waals surface area contributed by atoms with Crippen molar-refractivity contribution in [3.63, 3.8) is 0 Å². The number of benzene rings is 2. The highest BCUT2D eigenvalue weighted by Gasteiger charge is 2.10. The van der Waals surface area contributed by atoms with Crippen molar-refractivity contribution in [3.8, 4) is 11.8 Å². The third kappa shape index (κ3) is 3.57. The Labute approximate surface area is 143 Å². The molecule has 0 atom stereocenters. The molecule has 0 saturated heterocycles. The van der Waals surface area contributed by atoms with E-state index >= 15 is 0 Å². The van der Waals surface area contributed by atoms with Crippen molar-refractivity contribution >= 4 is 55.8 Å². The summed E-state index contributed by atoms with van der Waals surface area (Å²) >= 11 is 11.6. The predicted molar refractivity (Wildman–Crippen MR) is 91.8 cm³/mol. The SMILES string of the molecule is N#Cc1cc(N)c(OCc2ccc(Br)cc2Cl)c(I)c1. The maximum absolute atomic E-state index is 8.88. The maximum Gasteiger partial charge on any atom is 0.156 e. The number of anilines is 1. The van der Waals surface area contributed by atoms with E-state index in [0.29, 0.717) is 28.6 Å². The van der Waals surface area contributed by atoms with Crippen LogP contribution in [-0.4, -0.2) is 0 Å². The highest BCUT2D eigenvalue weighted by atomic mass is 127. The normalized spacial score (nSPS) is 10.1. The Bertz CT molecular complexity index is 677. The third-order valence-electron chi connectivity index (χ3n) is 2.59. The molecule has 0 aliphatic carbocycles. The summed E-state index contributed by atoms with van der Waals surface area (Å²) in [6.45, 7) is 0.318. The van der Waals surface area contributed by atoms with Crippen molar-refractivity contribution in [3.05, 3.63) is 54.5 Å². The second-order valence-electron chi connectivity index (χ2n) is 4.01. The van der Waals surface area contributed by atoms with Crippen LogP contribution in [0.4, 0.5) is 5.69 Å². The number of ether oxygens (including phenoxy) is 1. The van der Waals surface area contributed by atoms with Gasteiger partial charge in [-0.2, -0.15) is 5.26 Å². The molecule has 0 aromatic heterocycles. The van der Waals surface area contributed by atoms with Gasteiger partial charge in [-0.1, -0.05) is 33.6 Å². The van der Waals surface area contributed by atoms with Gasteiger partial charge in [0.1, 0.15) is 6.61 Å². The Morgan fingerprint density at radius 1 is 1.35 bits per heavy atom. The molecule has 6 heteroatoms. The summed E-state index contributed by atoms with van der Waals surface area (Å²) < 4.78 is 7.45. The molecule has 2 aromatic carbocycles. The van der Waals surface area contributed by atoms with E-state index in [2.05, 4.69) is 44.6 Å². The third-order valence-corrected chi connectivity index (χ3v) is 4.23. The van der Waals surface area contributed by atoms with E-state index in [4.69, 9.17) is 27.3 Å². The zero-order valence-electron chi connectivity index (χ0n) is 10.2. The first kappa shape index (κ1) is 15.4. The fraction of sp³-hybridized carbons (Fsp3) is 0.0714. The highest BCUT2D eigenvalue weighted by Crippen LogP contribution is 2.31. The van der Waals surface area contributed by atoms with E-state index in [0.717, 1.165) is 13.6 Å². The summed E-state index contributed by atoms with van der Waals surface area (Å²) in [5, 5.41) is 9.50. The van der Waals surface area contributed by atoms with Crippen molar-refractivity contribution < 1.29 is 4.74 Å². The van der Waals surface area contributed by atoms with Crippen molar-refractivity contribution in [2.24, 2.45) is 0 Å². The number of rotatable bonds is 3. The van der Waals surface area contributed by atoms with Crippen LogP contribution >= 0.6 is 50.1 Å². The van der Waals surface area contributed by atoms with Gasteiger partial charge in [0.2, 0.25) is 0 Å². The molecule has 0 amide bonds. The molecule has 0 saturated carbocycles. The van der Waals surface area contributed by atoms with Gasteiger partial charge in [0, 0.05) is 15.1 Å². The lowest BCUT2D eigenvalue weighted by Crippen LogP contribution is -2.02. The molecule has 102 valence electrons. The molecular formula is C14H9BrClIN2O. The number of hydrogen-bond donors (Lipinski definition) is 1. The summed E-state index contributed by atoms with van der Waals surface area (Å²) in [6.07, 6.45) is 0. The van der Waals surface area contributed by atoms with E-state index in [1.807, 2.05) is 18.2 Å². The first-order valence-corrected chi connectivity index (χ1v) is 7.82. The minimum Gasteiger partial charge on any atom is -0.486 e. The zero-order valence-corrected chi connectivity index (χ0v) is 14.7. The van der Waals surface area contributed by atoms with E-state index < -0.39 is 0 Å². The summed E-state index contributed by atoms with van der Waals surface area (Å²) in [4.78, 5) is 0. The molecule has 2 rings (SSSR count). The molecule has 2 N–H and O–H groups in total. The first-order valence-electron chi connectivity index (χ1n) is 5.57. The van der Waals surface area contributed by atoms with Gasteiger partial charge >= 0.3 is 0 Å². The van der Waals surface area contributed by atoms with Crippen molar-refractivity contribution in [1.29, 1.82) is 5.26 Å². The van der Waals surface area contributed by atoms with Crippen molar-refractivity contribution in [1.82, 2.24) is 0 Å². The molecule has 0 aliphatic heterocycles. The van der Waals surface area contributed by atoms with Crippen LogP contribution in [0.1, 0.15) is 11.1 Å². The Kier molecular flexibility index (Phi) is 5.13. The van der Waals surface area contributed by atoms with Crippen LogP contribution in [0.3, 0.4) is 0 Å². The lowest BCUT2D eigenvalue weighted by molar-refractivity contribution is 0.306. The highest BCUT2D eigenvalue weighted by molar-refractivity contribution is 14.1. The summed E-state index contributed by atoms with van der Waals surface area (Å²) in [5.41, 5.74) is 7.73. The quantitative estimate of drug-likeness (QED) is 0.529. The van der Waals surface area contributed by atoms with Crippen LogP contribution in [0.2, 0.25) is 5.02 Å². The fourth-order valence-electron chi connectivity index (χ4n) is 1.62. The van der Waals surface area contributed by atoms with E-state index in [-0.39, 0.29) is 0 Å². The van der Waals surface area contributed by atoms with Gasteiger partial charge in [-0.15, -0.1) is 0 Å². The zero-order chi connectivity index (χ0) is 14.7. The minimum atomic E-state index is 0.318. The van der Waals surface area contributed by atoms with Gasteiger partial charge in [-0.25, -0.2) is 0 Å². The summed E-state index contributed by atoms with van der Waals surface area (Å²) in [5.74, 6) is 0.573. The summed E-state index contributed by atoms with van der Waals surface area (Å²) in [6, 6.07) is 11.0. The van der Waals surface area contributed by atoms with Crippen LogP contribution in [0.5, 0.6) is 5.75 Å². The molecule has 0 radical (unpaired) electrons. The smallest absolute Gasteiger partial charge is 0.156 e. The number of nitriles is 1. The Hall–Kier alpha value is -0.970. The topological polar surface area (TPSA) is 59.0 Å². The molecule has 0 spiro atoms. The number of halogens is 3. The van der Waals surface area contributed by atoms with Crippen LogP contribution in [0.25, 0.3) is 0 Å². The van der Waals surface area contributed by atoms with Gasteiger partial charge in [-0.05, 0) is 46.9 Å². The number of nitrogen functional groups attached to an aromatic ring is 1. The molecule has 0 heterocycles. The largest absolute Gasteiger partial charge is 0.486 e. The van der Waals surface area contributed by atoms with Crippen molar-refractivity contribution in [2.75, 3.05) is 5.73 Å². The number of hydrogen-bond acceptors (Lipinski definition) is 3. The lowest BCUT2D eigenvalue weighted by Gasteiger charge is -2.12. The predicted octanol–water partition coefficient (Wildman–Crippen LogP) is 4.74. The Balaban J connectivity index is 2.21. The van der Waals surface area contributed by atoms with Crippen LogP contribution < -0.4 is 10.5 Å². The van der Waals surface area contributed by atoms with E-state index in [9.17, 15) is 0 Å². The lowest BCUT2D eigenvalue weighted by atomic mass is 10.2. The summed E-state index contributed by atoms with van der Waals surface area (Å²) in [7, 11) is 0. The molecule has 0 aliphatic rings. The number of nitrogens with two attached hydrogens (primary N) is 1. The molecule has 3 nitrogen and oxygen atoms in total. The van der Waals surface area contributed by atoms with Crippen molar-refractivity contribution in [2.45, 2.75) is 6.61 Å². The van der Waals surface area contributed by atoms with Crippen LogP contribution in [0, 0.1) is 14.9 Å². The molecule has 20 heavy (non-hydrogen) atoms. The van der Waals surface area contributed by atoms with Gasteiger partial charge in [0.15, 0.2) is 5.75 Å². The first-order chi connectivity index (χ1) is 9.51. The van der Waals surface area contributed by atoms with Gasteiger partial charge in [0.25, 0.3) is 0 Å². The molecule has 0 fully saturated rings. The second kappa shape index (κ2) is 6.66. The van der Waals surface area contributed by atoms with Gasteiger partial charge in [0.05, 0.1) is 20.9 Å². The Morgan fingerprint density at radius 2 is 2.10 bits per heavy atom. The van der Waals surface area contributed by atoms with E-state index in [1.165, 1.54) is 0 Å². The fourth-order valence-corrected chi connectivity index (χ4v) is 3.15. The molecule has 0 bridgehead atoms. The monoisotopic (exact) mass is 462 g/mol. The second-order valence-corrected chi connectivity index (χ2v) is 6.50. The van der Waals surface area contributed by atoms with Gasteiger partial charge < -0.3 is 10.5 Å². The van der Waals surface area contributed by atoms with Crippen LogP contribution in [-0.2, 0) is 6.61 Å². The van der Waals surface area contributed by atoms with Crippen LogP contribution in [0.15, 0.2) is 34.8 Å². The average Bonchev–Trinajstić information content (AvgIpc) is 2.39. The minimum absolute atomic E-state index is 0.318. The molecule has 2 aromatic rings. The van der Waals surface area contributed by atoms with E-state index in [1.54, 1.807) is 12.1 Å². The number of nitrogens with zero attached hydrogens (tertiary/aromatic N) is 1. The van der Waals surface area contributed by atoms with Gasteiger partial charge in [-0.3, -0.25) is 0 Å². The maximum atomic E-state index is 8.88. The average molecular weight is 464 g/mol.